The predicted octanol–water partition coefficient (Wildman–Crippen LogP) is 6.27. The van der Waals surface area contributed by atoms with E-state index < -0.39 is 0 Å². The molecule has 3 aromatic heterocycles. The van der Waals surface area contributed by atoms with Crippen LogP contribution in [0.5, 0.6) is 0 Å². The summed E-state index contributed by atoms with van der Waals surface area (Å²) in [7, 11) is 0. The molecule has 0 spiro atoms. The third-order valence-electron chi connectivity index (χ3n) is 7.93. The van der Waals surface area contributed by atoms with E-state index in [9.17, 15) is 4.79 Å². The lowest BCUT2D eigenvalue weighted by molar-refractivity contribution is -0.122. The molecule has 0 saturated heterocycles. The summed E-state index contributed by atoms with van der Waals surface area (Å²) in [4.78, 5) is 30.3. The minimum absolute atomic E-state index is 0.0422. The molecule has 2 aliphatic rings. The minimum Gasteiger partial charge on any atom is -0.369 e. The SMILES string of the molecule is NC(=O)C1CCC(n2c(Nc3c(Cl)cc(Cl)cc3Cl)nc3cnc(NC4CCC(c5ncno5)CC4)nc32)CC1. The predicted molar refractivity (Wildman–Crippen MR) is 153 cm³/mol. The smallest absolute Gasteiger partial charge is 0.229 e. The van der Waals surface area contributed by atoms with Gasteiger partial charge in [0.15, 0.2) is 12.0 Å². The van der Waals surface area contributed by atoms with Gasteiger partial charge in [-0.05, 0) is 63.5 Å². The standard InChI is InChI=1S/C26H28Cl3N9O2/c27-15-9-18(28)21(19(29)10-15)36-26-35-20-11-31-25(34-16-5-1-14(2-6-16)24-32-12-33-40-24)37-23(20)38(26)17-7-3-13(4-8-17)22(30)39/h9-14,16-17H,1-8H2,(H2,30,39)(H,35,36)(H,31,34,37). The number of benzene rings is 1. The maximum Gasteiger partial charge on any atom is 0.229 e. The Bertz CT molecular complexity index is 1490. The van der Waals surface area contributed by atoms with Crippen molar-refractivity contribution in [3.8, 4) is 0 Å². The van der Waals surface area contributed by atoms with Crippen molar-refractivity contribution in [2.45, 2.75) is 69.4 Å². The fourth-order valence-electron chi connectivity index (χ4n) is 5.82. The fraction of sp³-hybridized carbons (Fsp3) is 0.462. The van der Waals surface area contributed by atoms with Crippen LogP contribution in [0.4, 0.5) is 17.6 Å². The number of nitrogens with two attached hydrogens (primary N) is 1. The summed E-state index contributed by atoms with van der Waals surface area (Å²) in [5.74, 6) is 1.67. The molecule has 14 heteroatoms. The van der Waals surface area contributed by atoms with E-state index in [2.05, 4.69) is 30.3 Å². The fourth-order valence-corrected chi connectivity index (χ4v) is 6.73. The molecule has 11 nitrogen and oxygen atoms in total. The van der Waals surface area contributed by atoms with Crippen molar-refractivity contribution in [2.75, 3.05) is 10.6 Å². The number of rotatable bonds is 7. The molecule has 0 bridgehead atoms. The second-order valence-corrected chi connectivity index (χ2v) is 11.7. The Morgan fingerprint density at radius 2 is 1.70 bits per heavy atom. The second kappa shape index (κ2) is 11.4. The van der Waals surface area contributed by atoms with Gasteiger partial charge < -0.3 is 20.9 Å². The maximum absolute atomic E-state index is 11.8. The number of carbonyl (C=O) groups excluding carboxylic acids is 1. The van der Waals surface area contributed by atoms with Gasteiger partial charge in [-0.25, -0.2) is 9.97 Å². The summed E-state index contributed by atoms with van der Waals surface area (Å²) in [5.41, 5.74) is 7.41. The van der Waals surface area contributed by atoms with Gasteiger partial charge in [0.25, 0.3) is 0 Å². The van der Waals surface area contributed by atoms with Crippen molar-refractivity contribution in [3.05, 3.63) is 45.6 Å². The number of hydrogen-bond donors (Lipinski definition) is 3. The van der Waals surface area contributed by atoms with Crippen LogP contribution in [0.2, 0.25) is 15.1 Å². The number of hydrogen-bond acceptors (Lipinski definition) is 9. The summed E-state index contributed by atoms with van der Waals surface area (Å²) in [6, 6.07) is 3.51. The van der Waals surface area contributed by atoms with E-state index in [1.807, 2.05) is 0 Å². The lowest BCUT2D eigenvalue weighted by Gasteiger charge is -2.29. The number of anilines is 3. The third-order valence-corrected chi connectivity index (χ3v) is 8.74. The molecule has 40 heavy (non-hydrogen) atoms. The van der Waals surface area contributed by atoms with Gasteiger partial charge in [0, 0.05) is 28.9 Å². The normalized spacial score (nSPS) is 23.3. The molecule has 2 fully saturated rings. The summed E-state index contributed by atoms with van der Waals surface area (Å²) in [5, 5.41) is 11.7. The van der Waals surface area contributed by atoms with E-state index in [0.29, 0.717) is 62.5 Å². The lowest BCUT2D eigenvalue weighted by Crippen LogP contribution is -2.29. The van der Waals surface area contributed by atoms with Crippen LogP contribution in [0.1, 0.15) is 69.2 Å². The number of nitrogens with one attached hydrogen (secondary N) is 2. The van der Waals surface area contributed by atoms with Gasteiger partial charge in [0.05, 0.1) is 21.9 Å². The highest BCUT2D eigenvalue weighted by Crippen LogP contribution is 2.40. The molecule has 1 aromatic carbocycles. The van der Waals surface area contributed by atoms with Crippen LogP contribution in [0.15, 0.2) is 29.2 Å². The van der Waals surface area contributed by atoms with Crippen LogP contribution in [-0.2, 0) is 4.79 Å². The van der Waals surface area contributed by atoms with Gasteiger partial charge in [0.2, 0.25) is 23.7 Å². The van der Waals surface area contributed by atoms with Crippen LogP contribution in [0, 0.1) is 5.92 Å². The van der Waals surface area contributed by atoms with Gasteiger partial charge in [-0.3, -0.25) is 9.36 Å². The summed E-state index contributed by atoms with van der Waals surface area (Å²) >= 11 is 19.1. The van der Waals surface area contributed by atoms with Crippen LogP contribution < -0.4 is 16.4 Å². The van der Waals surface area contributed by atoms with Gasteiger partial charge >= 0.3 is 0 Å². The molecule has 3 heterocycles. The lowest BCUT2D eigenvalue weighted by atomic mass is 9.85. The van der Waals surface area contributed by atoms with Gasteiger partial charge in [0.1, 0.15) is 5.52 Å². The highest BCUT2D eigenvalue weighted by Gasteiger charge is 2.30. The van der Waals surface area contributed by atoms with E-state index in [0.717, 1.165) is 38.5 Å². The van der Waals surface area contributed by atoms with Crippen LogP contribution in [0.25, 0.3) is 11.2 Å². The van der Waals surface area contributed by atoms with Gasteiger partial charge in [-0.1, -0.05) is 40.0 Å². The molecule has 1 amide bonds. The summed E-state index contributed by atoms with van der Waals surface area (Å²) in [6.07, 6.45) is 9.82. The average molecular weight is 605 g/mol. The first-order valence-electron chi connectivity index (χ1n) is 13.3. The Hall–Kier alpha value is -3.15. The molecule has 2 aliphatic carbocycles. The van der Waals surface area contributed by atoms with E-state index in [-0.39, 0.29) is 29.8 Å². The Morgan fingerprint density at radius 3 is 2.35 bits per heavy atom. The van der Waals surface area contributed by atoms with E-state index in [1.54, 1.807) is 18.3 Å². The maximum atomic E-state index is 11.8. The summed E-state index contributed by atoms with van der Waals surface area (Å²) in [6.45, 7) is 0. The zero-order valence-corrected chi connectivity index (χ0v) is 23.8. The van der Waals surface area contributed by atoms with E-state index in [1.165, 1.54) is 6.33 Å². The molecule has 0 unspecified atom stereocenters. The van der Waals surface area contributed by atoms with Crippen molar-refractivity contribution in [3.63, 3.8) is 0 Å². The molecule has 4 aromatic rings. The monoisotopic (exact) mass is 603 g/mol. The number of halogens is 3. The minimum atomic E-state index is -0.255. The number of carbonyl (C=O) groups is 1. The number of primary amides is 1. The van der Waals surface area contributed by atoms with Crippen LogP contribution >= 0.6 is 34.8 Å². The summed E-state index contributed by atoms with van der Waals surface area (Å²) < 4.78 is 7.32. The largest absolute Gasteiger partial charge is 0.369 e. The molecule has 4 N–H and O–H groups in total. The number of nitrogens with zero attached hydrogens (tertiary/aromatic N) is 6. The zero-order chi connectivity index (χ0) is 27.8. The van der Waals surface area contributed by atoms with E-state index >= 15 is 0 Å². The Morgan fingerprint density at radius 1 is 0.975 bits per heavy atom. The Kier molecular flexibility index (Phi) is 7.69. The van der Waals surface area contributed by atoms with Crippen LogP contribution in [-0.4, -0.2) is 41.6 Å². The number of amides is 1. The van der Waals surface area contributed by atoms with Crippen molar-refractivity contribution in [1.82, 2.24) is 29.7 Å². The molecule has 0 aliphatic heterocycles. The molecule has 210 valence electrons. The Labute approximate surface area is 245 Å². The van der Waals surface area contributed by atoms with Crippen molar-refractivity contribution in [1.29, 1.82) is 0 Å². The highest BCUT2D eigenvalue weighted by atomic mass is 35.5. The highest BCUT2D eigenvalue weighted by molar-refractivity contribution is 6.41. The van der Waals surface area contributed by atoms with Crippen LogP contribution in [0.3, 0.4) is 0 Å². The molecule has 6 rings (SSSR count). The topological polar surface area (TPSA) is 150 Å². The first-order chi connectivity index (χ1) is 19.4. The first kappa shape index (κ1) is 27.0. The van der Waals surface area contributed by atoms with Crippen molar-refractivity contribution >= 4 is 69.5 Å². The molecule has 0 radical (unpaired) electrons. The van der Waals surface area contributed by atoms with Crippen molar-refractivity contribution in [2.24, 2.45) is 11.7 Å². The second-order valence-electron chi connectivity index (χ2n) is 10.5. The number of imidazole rings is 1. The molecular formula is C26H28Cl3N9O2. The Balaban J connectivity index is 1.28. The average Bonchev–Trinajstić information content (AvgIpc) is 3.59. The molecule has 2 saturated carbocycles. The quantitative estimate of drug-likeness (QED) is 0.222. The number of aromatic nitrogens is 6. The van der Waals surface area contributed by atoms with Gasteiger partial charge in [-0.2, -0.15) is 9.97 Å². The first-order valence-corrected chi connectivity index (χ1v) is 14.5. The molecule has 0 atom stereocenters. The molecular weight excluding hydrogens is 577 g/mol. The zero-order valence-electron chi connectivity index (χ0n) is 21.5. The van der Waals surface area contributed by atoms with E-state index in [4.69, 9.17) is 55.0 Å². The number of fused-ring (bicyclic) bond motifs is 1. The third kappa shape index (κ3) is 5.55. The van der Waals surface area contributed by atoms with Gasteiger partial charge in [-0.15, -0.1) is 0 Å². The van der Waals surface area contributed by atoms with Crippen molar-refractivity contribution < 1.29 is 9.32 Å².